The van der Waals surface area contributed by atoms with E-state index >= 15 is 0 Å². The lowest BCUT2D eigenvalue weighted by Gasteiger charge is -2.02. The fourth-order valence-corrected chi connectivity index (χ4v) is 0.774. The molecule has 0 spiro atoms. The topological polar surface area (TPSA) is 77.2 Å². The zero-order chi connectivity index (χ0) is 10.4. The van der Waals surface area contributed by atoms with E-state index in [2.05, 4.69) is 21.2 Å². The summed E-state index contributed by atoms with van der Waals surface area (Å²) < 4.78 is 0. The van der Waals surface area contributed by atoms with Crippen LogP contribution in [-0.2, 0) is 4.84 Å². The Morgan fingerprint density at radius 2 is 2.50 bits per heavy atom. The van der Waals surface area contributed by atoms with Gasteiger partial charge in [0.15, 0.2) is 0 Å². The number of hydrogen-bond acceptors (Lipinski definition) is 4. The van der Waals surface area contributed by atoms with Gasteiger partial charge in [-0.2, -0.15) is 0 Å². The number of anilines is 1. The number of hydrogen-bond donors (Lipinski definition) is 2. The van der Waals surface area contributed by atoms with Gasteiger partial charge in [0.25, 0.3) is 5.91 Å². The van der Waals surface area contributed by atoms with E-state index in [9.17, 15) is 4.79 Å². The predicted molar refractivity (Wildman–Crippen MR) is 50.9 cm³/mol. The van der Waals surface area contributed by atoms with Crippen molar-refractivity contribution in [2.45, 2.75) is 0 Å². The highest BCUT2D eigenvalue weighted by Gasteiger charge is 2.05. The first kappa shape index (κ1) is 10.0. The molecule has 0 radical (unpaired) electrons. The van der Waals surface area contributed by atoms with Gasteiger partial charge >= 0.3 is 0 Å². The Labute approximate surface area is 81.2 Å². The van der Waals surface area contributed by atoms with Gasteiger partial charge < -0.3 is 5.73 Å². The summed E-state index contributed by atoms with van der Waals surface area (Å²) in [7, 11) is 0. The second-order valence-electron chi connectivity index (χ2n) is 2.37. The summed E-state index contributed by atoms with van der Waals surface area (Å²) in [6.07, 6.45) is 4.92. The van der Waals surface area contributed by atoms with Crippen LogP contribution in [0.5, 0.6) is 0 Å². The summed E-state index contributed by atoms with van der Waals surface area (Å²) in [4.78, 5) is 19.7. The highest BCUT2D eigenvalue weighted by molar-refractivity contribution is 5.91. The number of hydroxylamine groups is 1. The molecule has 0 aromatic carbocycles. The first-order valence-corrected chi connectivity index (χ1v) is 3.82. The molecule has 1 aromatic heterocycles. The Balaban J connectivity index is 2.57. The first-order valence-electron chi connectivity index (χ1n) is 3.82. The molecule has 1 heterocycles. The number of nitrogens with one attached hydrogen (secondary N) is 1. The predicted octanol–water partition coefficient (Wildman–Crippen LogP) is -0.0416. The van der Waals surface area contributed by atoms with E-state index in [1.54, 1.807) is 12.1 Å². The summed E-state index contributed by atoms with van der Waals surface area (Å²) in [6.45, 7) is 0.00799. The van der Waals surface area contributed by atoms with Gasteiger partial charge in [-0.25, -0.2) is 10.5 Å². The van der Waals surface area contributed by atoms with Crippen LogP contribution in [0.3, 0.4) is 0 Å². The van der Waals surface area contributed by atoms with E-state index in [1.165, 1.54) is 6.07 Å². The first-order chi connectivity index (χ1) is 6.74. The number of amides is 1. The van der Waals surface area contributed by atoms with Crippen molar-refractivity contribution >= 4 is 11.7 Å². The molecule has 0 fully saturated rings. The molecule has 14 heavy (non-hydrogen) atoms. The Kier molecular flexibility index (Phi) is 3.47. The molecule has 1 amide bonds. The molecule has 0 saturated heterocycles. The normalized spacial score (nSPS) is 9.07. The number of rotatable bonds is 3. The molecule has 0 atom stereocenters. The smallest absolute Gasteiger partial charge is 0.293 e. The van der Waals surface area contributed by atoms with Gasteiger partial charge in [-0.1, -0.05) is 12.0 Å². The second kappa shape index (κ2) is 4.84. The Hall–Kier alpha value is -2.06. The molecule has 0 aliphatic rings. The molecule has 0 aliphatic carbocycles. The van der Waals surface area contributed by atoms with Crippen LogP contribution in [0.1, 0.15) is 10.5 Å². The molecule has 0 bridgehead atoms. The second-order valence-corrected chi connectivity index (χ2v) is 2.37. The fraction of sp³-hybridized carbons (Fsp3) is 0.111. The maximum Gasteiger partial charge on any atom is 0.293 e. The monoisotopic (exact) mass is 191 g/mol. The van der Waals surface area contributed by atoms with E-state index in [0.717, 1.165) is 0 Å². The Morgan fingerprint density at radius 1 is 1.71 bits per heavy atom. The number of nitrogens with two attached hydrogens (primary N) is 1. The van der Waals surface area contributed by atoms with Crippen molar-refractivity contribution in [1.29, 1.82) is 0 Å². The summed E-state index contributed by atoms with van der Waals surface area (Å²) >= 11 is 0. The zero-order valence-electron chi connectivity index (χ0n) is 7.36. The third-order valence-corrected chi connectivity index (χ3v) is 1.32. The van der Waals surface area contributed by atoms with Crippen LogP contribution in [0.25, 0.3) is 0 Å². The van der Waals surface area contributed by atoms with Crippen molar-refractivity contribution < 1.29 is 9.63 Å². The quantitative estimate of drug-likeness (QED) is 0.399. The number of carbonyl (C=O) groups excluding carboxylic acids is 1. The van der Waals surface area contributed by atoms with Crippen molar-refractivity contribution in [3.63, 3.8) is 0 Å². The molecule has 0 unspecified atom stereocenters. The van der Waals surface area contributed by atoms with Gasteiger partial charge in [0.05, 0.1) is 0 Å². The Morgan fingerprint density at radius 3 is 3.14 bits per heavy atom. The van der Waals surface area contributed by atoms with Crippen LogP contribution >= 0.6 is 0 Å². The lowest BCUT2D eigenvalue weighted by Crippen LogP contribution is -2.24. The van der Waals surface area contributed by atoms with Crippen molar-refractivity contribution in [3.05, 3.63) is 23.9 Å². The fourth-order valence-electron chi connectivity index (χ4n) is 0.774. The molecule has 1 rings (SSSR count). The third kappa shape index (κ3) is 2.77. The molecule has 72 valence electrons. The van der Waals surface area contributed by atoms with Gasteiger partial charge in [-0.3, -0.25) is 9.63 Å². The van der Waals surface area contributed by atoms with Gasteiger partial charge in [-0.05, 0) is 12.1 Å². The lowest BCUT2D eigenvalue weighted by atomic mass is 10.3. The van der Waals surface area contributed by atoms with Crippen molar-refractivity contribution in [1.82, 2.24) is 10.5 Å². The van der Waals surface area contributed by atoms with Gasteiger partial charge in [0.2, 0.25) is 0 Å². The van der Waals surface area contributed by atoms with Crippen LogP contribution in [-0.4, -0.2) is 17.5 Å². The van der Waals surface area contributed by atoms with E-state index in [1.807, 2.05) is 0 Å². The van der Waals surface area contributed by atoms with Crippen molar-refractivity contribution in [3.8, 4) is 12.3 Å². The van der Waals surface area contributed by atoms with Crippen LogP contribution in [0.4, 0.5) is 5.82 Å². The standard InChI is InChI=1S/C9H9N3O2/c1-2-6-14-12-9(13)7-4-3-5-8(10)11-7/h1,3-5H,6H2,(H2,10,11)(H,12,13). The number of terminal acetylenes is 1. The summed E-state index contributed by atoms with van der Waals surface area (Å²) in [5, 5.41) is 0. The molecule has 1 aromatic rings. The van der Waals surface area contributed by atoms with Gasteiger partial charge in [-0.15, -0.1) is 6.42 Å². The summed E-state index contributed by atoms with van der Waals surface area (Å²) in [6, 6.07) is 4.72. The summed E-state index contributed by atoms with van der Waals surface area (Å²) in [5.74, 6) is 2.00. The van der Waals surface area contributed by atoms with Gasteiger partial charge in [0.1, 0.15) is 18.1 Å². The Bertz CT molecular complexity index is 371. The van der Waals surface area contributed by atoms with E-state index < -0.39 is 5.91 Å². The largest absolute Gasteiger partial charge is 0.384 e. The lowest BCUT2D eigenvalue weighted by molar-refractivity contribution is 0.0433. The SMILES string of the molecule is C#CCONC(=O)c1cccc(N)n1. The van der Waals surface area contributed by atoms with Crippen LogP contribution < -0.4 is 11.2 Å². The number of aromatic nitrogens is 1. The number of nitrogen functional groups attached to an aromatic ring is 1. The average Bonchev–Trinajstić information content (AvgIpc) is 2.18. The molecule has 0 aliphatic heterocycles. The number of nitrogens with zero attached hydrogens (tertiary/aromatic N) is 1. The van der Waals surface area contributed by atoms with Crippen molar-refractivity contribution in [2.75, 3.05) is 12.3 Å². The highest BCUT2D eigenvalue weighted by Crippen LogP contribution is 1.99. The zero-order valence-corrected chi connectivity index (χ0v) is 7.36. The third-order valence-electron chi connectivity index (χ3n) is 1.32. The van der Waals surface area contributed by atoms with Gasteiger partial charge in [0, 0.05) is 0 Å². The highest BCUT2D eigenvalue weighted by atomic mass is 16.6. The maximum atomic E-state index is 11.2. The van der Waals surface area contributed by atoms with Crippen molar-refractivity contribution in [2.24, 2.45) is 0 Å². The molecule has 5 heteroatoms. The van der Waals surface area contributed by atoms with Crippen LogP contribution in [0.15, 0.2) is 18.2 Å². The minimum atomic E-state index is -0.479. The number of carbonyl (C=O) groups is 1. The summed E-state index contributed by atoms with van der Waals surface area (Å²) in [5.41, 5.74) is 7.70. The molecule has 0 saturated carbocycles. The average molecular weight is 191 g/mol. The van der Waals surface area contributed by atoms with Crippen LogP contribution in [0.2, 0.25) is 0 Å². The molecular weight excluding hydrogens is 182 g/mol. The number of pyridine rings is 1. The van der Waals surface area contributed by atoms with E-state index in [0.29, 0.717) is 0 Å². The molecular formula is C9H9N3O2. The molecule has 5 nitrogen and oxygen atoms in total. The molecule has 3 N–H and O–H groups in total. The minimum Gasteiger partial charge on any atom is -0.384 e. The van der Waals surface area contributed by atoms with E-state index in [-0.39, 0.29) is 18.1 Å². The van der Waals surface area contributed by atoms with Crippen LogP contribution in [0, 0.1) is 12.3 Å². The maximum absolute atomic E-state index is 11.2. The minimum absolute atomic E-state index is 0.00799. The van der Waals surface area contributed by atoms with E-state index in [4.69, 9.17) is 12.2 Å².